The quantitative estimate of drug-likeness (QED) is 0.882. The van der Waals surface area contributed by atoms with Crippen LogP contribution in [0.1, 0.15) is 18.4 Å². The Labute approximate surface area is 157 Å². The Morgan fingerprint density at radius 2 is 1.65 bits per heavy atom. The molecule has 0 saturated carbocycles. The number of anilines is 1. The zero-order valence-electron chi connectivity index (χ0n) is 14.3. The molecule has 0 bridgehead atoms. The van der Waals surface area contributed by atoms with Crippen molar-refractivity contribution in [1.82, 2.24) is 4.90 Å². The molecule has 1 aliphatic heterocycles. The lowest BCUT2D eigenvalue weighted by Crippen LogP contribution is -2.42. The SMILES string of the molecule is O=C(Nc1ccc(Cl)cc1)C1CCN(C(=O)Cc2ccc(F)cc2)CC1. The van der Waals surface area contributed by atoms with Gasteiger partial charge in [0.2, 0.25) is 11.8 Å². The van der Waals surface area contributed by atoms with E-state index in [1.54, 1.807) is 41.3 Å². The van der Waals surface area contributed by atoms with Crippen LogP contribution in [-0.4, -0.2) is 29.8 Å². The number of nitrogens with one attached hydrogen (secondary N) is 1. The molecule has 1 heterocycles. The van der Waals surface area contributed by atoms with Gasteiger partial charge >= 0.3 is 0 Å². The van der Waals surface area contributed by atoms with Crippen LogP contribution in [0, 0.1) is 11.7 Å². The standard InChI is InChI=1S/C20H20ClFN2O2/c21-16-3-7-18(8-4-16)23-20(26)15-9-11-24(12-10-15)19(25)13-14-1-5-17(22)6-2-14/h1-8,15H,9-13H2,(H,23,26). The van der Waals surface area contributed by atoms with Crippen LogP contribution in [0.5, 0.6) is 0 Å². The number of benzene rings is 2. The second-order valence-electron chi connectivity index (χ2n) is 6.45. The van der Waals surface area contributed by atoms with Crippen molar-refractivity contribution in [2.75, 3.05) is 18.4 Å². The molecular formula is C20H20ClFN2O2. The normalized spacial score (nSPS) is 14.9. The predicted molar refractivity (Wildman–Crippen MR) is 99.5 cm³/mol. The van der Waals surface area contributed by atoms with Gasteiger partial charge in [-0.05, 0) is 54.8 Å². The van der Waals surface area contributed by atoms with E-state index in [9.17, 15) is 14.0 Å². The lowest BCUT2D eigenvalue weighted by molar-refractivity contribution is -0.133. The Balaban J connectivity index is 1.48. The highest BCUT2D eigenvalue weighted by molar-refractivity contribution is 6.30. The molecule has 26 heavy (non-hydrogen) atoms. The largest absolute Gasteiger partial charge is 0.342 e. The first-order valence-electron chi connectivity index (χ1n) is 8.60. The van der Waals surface area contributed by atoms with Gasteiger partial charge in [-0.3, -0.25) is 9.59 Å². The first kappa shape index (κ1) is 18.4. The highest BCUT2D eigenvalue weighted by Crippen LogP contribution is 2.21. The van der Waals surface area contributed by atoms with E-state index in [-0.39, 0.29) is 30.0 Å². The summed E-state index contributed by atoms with van der Waals surface area (Å²) in [5.41, 5.74) is 1.51. The van der Waals surface area contributed by atoms with E-state index in [2.05, 4.69) is 5.32 Å². The van der Waals surface area contributed by atoms with Crippen molar-refractivity contribution in [2.45, 2.75) is 19.3 Å². The Bertz CT molecular complexity index is 702. The number of amides is 2. The number of carbonyl (C=O) groups is 2. The van der Waals surface area contributed by atoms with Crippen LogP contribution in [0.3, 0.4) is 0 Å². The van der Waals surface area contributed by atoms with Crippen LogP contribution in [0.4, 0.5) is 10.1 Å². The molecule has 0 radical (unpaired) electrons. The van der Waals surface area contributed by atoms with Crippen LogP contribution in [0.2, 0.25) is 5.02 Å². The first-order chi connectivity index (χ1) is 12.5. The number of hydrogen-bond donors (Lipinski definition) is 1. The Hall–Kier alpha value is -2.40. The zero-order valence-corrected chi connectivity index (χ0v) is 15.0. The molecule has 0 unspecified atom stereocenters. The number of piperidine rings is 1. The summed E-state index contributed by atoms with van der Waals surface area (Å²) in [6, 6.07) is 13.0. The highest BCUT2D eigenvalue weighted by atomic mass is 35.5. The molecule has 1 N–H and O–H groups in total. The van der Waals surface area contributed by atoms with Crippen molar-refractivity contribution in [3.8, 4) is 0 Å². The average Bonchev–Trinajstić information content (AvgIpc) is 2.65. The third-order valence-electron chi connectivity index (χ3n) is 4.60. The Morgan fingerprint density at radius 1 is 1.04 bits per heavy atom. The summed E-state index contributed by atoms with van der Waals surface area (Å²) in [7, 11) is 0. The van der Waals surface area contributed by atoms with Gasteiger partial charge in [0, 0.05) is 29.7 Å². The summed E-state index contributed by atoms with van der Waals surface area (Å²) in [5.74, 6) is -0.444. The molecule has 0 aliphatic carbocycles. The minimum absolute atomic E-state index is 0.00756. The number of rotatable bonds is 4. The van der Waals surface area contributed by atoms with Crippen molar-refractivity contribution in [1.29, 1.82) is 0 Å². The van der Waals surface area contributed by atoms with Gasteiger partial charge in [0.25, 0.3) is 0 Å². The molecule has 0 aromatic heterocycles. The van der Waals surface area contributed by atoms with Gasteiger partial charge in [-0.25, -0.2) is 4.39 Å². The molecular weight excluding hydrogens is 355 g/mol. The van der Waals surface area contributed by atoms with Gasteiger partial charge in [0.15, 0.2) is 0 Å². The van der Waals surface area contributed by atoms with E-state index in [4.69, 9.17) is 11.6 Å². The number of hydrogen-bond acceptors (Lipinski definition) is 2. The number of carbonyl (C=O) groups excluding carboxylic acids is 2. The first-order valence-corrected chi connectivity index (χ1v) is 8.98. The number of likely N-dealkylation sites (tertiary alicyclic amines) is 1. The Kier molecular flexibility index (Phi) is 5.89. The van der Waals surface area contributed by atoms with Gasteiger partial charge in [0.05, 0.1) is 6.42 Å². The van der Waals surface area contributed by atoms with E-state index in [0.29, 0.717) is 36.6 Å². The summed E-state index contributed by atoms with van der Waals surface area (Å²) in [6.45, 7) is 1.11. The second kappa shape index (κ2) is 8.32. The van der Waals surface area contributed by atoms with Crippen LogP contribution >= 0.6 is 11.6 Å². The minimum Gasteiger partial charge on any atom is -0.342 e. The van der Waals surface area contributed by atoms with Crippen LogP contribution in [0.15, 0.2) is 48.5 Å². The van der Waals surface area contributed by atoms with Crippen LogP contribution < -0.4 is 5.32 Å². The fraction of sp³-hybridized carbons (Fsp3) is 0.300. The summed E-state index contributed by atoms with van der Waals surface area (Å²) >= 11 is 5.84. The van der Waals surface area contributed by atoms with Crippen molar-refractivity contribution >= 4 is 29.1 Å². The van der Waals surface area contributed by atoms with Gasteiger partial charge in [0.1, 0.15) is 5.82 Å². The average molecular weight is 375 g/mol. The summed E-state index contributed by atoms with van der Waals surface area (Å²) < 4.78 is 12.9. The predicted octanol–water partition coefficient (Wildman–Crippen LogP) is 3.90. The van der Waals surface area contributed by atoms with Gasteiger partial charge in [-0.15, -0.1) is 0 Å². The van der Waals surface area contributed by atoms with Crippen molar-refractivity contribution in [3.63, 3.8) is 0 Å². The molecule has 4 nitrogen and oxygen atoms in total. The highest BCUT2D eigenvalue weighted by Gasteiger charge is 2.27. The van der Waals surface area contributed by atoms with Gasteiger partial charge in [-0.2, -0.15) is 0 Å². The number of halogens is 2. The third-order valence-corrected chi connectivity index (χ3v) is 4.85. The smallest absolute Gasteiger partial charge is 0.227 e. The fourth-order valence-corrected chi connectivity index (χ4v) is 3.18. The maximum Gasteiger partial charge on any atom is 0.227 e. The molecule has 0 spiro atoms. The Morgan fingerprint density at radius 3 is 2.27 bits per heavy atom. The fourth-order valence-electron chi connectivity index (χ4n) is 3.06. The lowest BCUT2D eigenvalue weighted by Gasteiger charge is -2.31. The molecule has 2 amide bonds. The molecule has 2 aromatic rings. The van der Waals surface area contributed by atoms with Crippen molar-refractivity contribution in [3.05, 3.63) is 64.9 Å². The number of nitrogens with zero attached hydrogens (tertiary/aromatic N) is 1. The van der Waals surface area contributed by atoms with Crippen molar-refractivity contribution in [2.24, 2.45) is 5.92 Å². The van der Waals surface area contributed by atoms with Gasteiger partial charge < -0.3 is 10.2 Å². The van der Waals surface area contributed by atoms with E-state index >= 15 is 0 Å². The summed E-state index contributed by atoms with van der Waals surface area (Å²) in [6.07, 6.45) is 1.52. The molecule has 6 heteroatoms. The molecule has 1 fully saturated rings. The topological polar surface area (TPSA) is 49.4 Å². The monoisotopic (exact) mass is 374 g/mol. The van der Waals surface area contributed by atoms with Crippen molar-refractivity contribution < 1.29 is 14.0 Å². The molecule has 1 saturated heterocycles. The van der Waals surface area contributed by atoms with E-state index in [1.165, 1.54) is 12.1 Å². The molecule has 1 aliphatic rings. The van der Waals surface area contributed by atoms with E-state index in [0.717, 1.165) is 5.56 Å². The molecule has 2 aromatic carbocycles. The minimum atomic E-state index is -0.311. The molecule has 0 atom stereocenters. The maximum atomic E-state index is 12.9. The lowest BCUT2D eigenvalue weighted by atomic mass is 9.95. The van der Waals surface area contributed by atoms with Crippen LogP contribution in [0.25, 0.3) is 0 Å². The second-order valence-corrected chi connectivity index (χ2v) is 6.89. The third kappa shape index (κ3) is 4.82. The van der Waals surface area contributed by atoms with E-state index < -0.39 is 0 Å². The maximum absolute atomic E-state index is 12.9. The zero-order chi connectivity index (χ0) is 18.5. The van der Waals surface area contributed by atoms with Gasteiger partial charge in [-0.1, -0.05) is 23.7 Å². The molecule has 3 rings (SSSR count). The summed E-state index contributed by atoms with van der Waals surface area (Å²) in [5, 5.41) is 3.51. The molecule has 136 valence electrons. The van der Waals surface area contributed by atoms with Crippen LogP contribution in [-0.2, 0) is 16.0 Å². The van der Waals surface area contributed by atoms with E-state index in [1.807, 2.05) is 0 Å². The summed E-state index contributed by atoms with van der Waals surface area (Å²) in [4.78, 5) is 26.5.